The maximum atomic E-state index is 12.4. The molecular weight excluding hydrogens is 236 g/mol. The number of carbonyl (C=O) groups excluding carboxylic acids is 1. The molecule has 2 rings (SSSR count). The SMILES string of the molecule is CCCC(CCC)CC(=O)c1ccc2c(c1)CCO2. The Labute approximate surface area is 116 Å². The third-order valence-corrected chi connectivity index (χ3v) is 3.88. The molecule has 0 aromatic heterocycles. The van der Waals surface area contributed by atoms with E-state index >= 15 is 0 Å². The molecule has 0 N–H and O–H groups in total. The number of rotatable bonds is 7. The first kappa shape index (κ1) is 14.1. The van der Waals surface area contributed by atoms with Crippen LogP contribution in [0.2, 0.25) is 0 Å². The zero-order valence-corrected chi connectivity index (χ0v) is 12.1. The molecule has 2 nitrogen and oxygen atoms in total. The van der Waals surface area contributed by atoms with Crippen LogP contribution < -0.4 is 4.74 Å². The number of ether oxygens (including phenoxy) is 1. The molecule has 0 spiro atoms. The lowest BCUT2D eigenvalue weighted by Crippen LogP contribution is -2.09. The number of carbonyl (C=O) groups is 1. The average Bonchev–Trinajstić information content (AvgIpc) is 2.86. The van der Waals surface area contributed by atoms with Crippen molar-refractivity contribution in [1.82, 2.24) is 0 Å². The summed E-state index contributed by atoms with van der Waals surface area (Å²) in [6, 6.07) is 5.89. The van der Waals surface area contributed by atoms with Crippen molar-refractivity contribution in [1.29, 1.82) is 0 Å². The Bertz CT molecular complexity index is 431. The van der Waals surface area contributed by atoms with Gasteiger partial charge < -0.3 is 4.74 Å². The van der Waals surface area contributed by atoms with Crippen LogP contribution in [0.5, 0.6) is 5.75 Å². The fraction of sp³-hybridized carbons (Fsp3) is 0.588. The molecule has 0 bridgehead atoms. The summed E-state index contributed by atoms with van der Waals surface area (Å²) >= 11 is 0. The van der Waals surface area contributed by atoms with Gasteiger partial charge in [0.05, 0.1) is 6.61 Å². The predicted molar refractivity (Wildman–Crippen MR) is 77.9 cm³/mol. The van der Waals surface area contributed by atoms with Gasteiger partial charge in [-0.1, -0.05) is 39.5 Å². The van der Waals surface area contributed by atoms with Gasteiger partial charge in [0.15, 0.2) is 5.78 Å². The number of Topliss-reactive ketones (excluding diaryl/α,β-unsaturated/α-hetero) is 1. The number of hydrogen-bond donors (Lipinski definition) is 0. The molecule has 0 saturated heterocycles. The normalized spacial score (nSPS) is 13.4. The quantitative estimate of drug-likeness (QED) is 0.679. The first-order chi connectivity index (χ1) is 9.24. The van der Waals surface area contributed by atoms with Gasteiger partial charge in [-0.2, -0.15) is 0 Å². The Hall–Kier alpha value is -1.31. The summed E-state index contributed by atoms with van der Waals surface area (Å²) < 4.78 is 5.48. The highest BCUT2D eigenvalue weighted by Crippen LogP contribution is 2.27. The molecule has 104 valence electrons. The van der Waals surface area contributed by atoms with Gasteiger partial charge in [-0.25, -0.2) is 0 Å². The van der Waals surface area contributed by atoms with Crippen LogP contribution in [-0.4, -0.2) is 12.4 Å². The van der Waals surface area contributed by atoms with E-state index in [1.54, 1.807) is 0 Å². The third kappa shape index (κ3) is 3.59. The zero-order valence-electron chi connectivity index (χ0n) is 12.1. The summed E-state index contributed by atoms with van der Waals surface area (Å²) in [6.07, 6.45) is 6.28. The van der Waals surface area contributed by atoms with E-state index in [1.807, 2.05) is 18.2 Å². The van der Waals surface area contributed by atoms with Crippen molar-refractivity contribution >= 4 is 5.78 Å². The summed E-state index contributed by atoms with van der Waals surface area (Å²) in [4.78, 5) is 12.4. The Morgan fingerprint density at radius 3 is 2.68 bits per heavy atom. The molecule has 2 heteroatoms. The van der Waals surface area contributed by atoms with Crippen molar-refractivity contribution in [3.05, 3.63) is 29.3 Å². The highest BCUT2D eigenvalue weighted by Gasteiger charge is 2.17. The van der Waals surface area contributed by atoms with Crippen LogP contribution in [0.15, 0.2) is 18.2 Å². The monoisotopic (exact) mass is 260 g/mol. The summed E-state index contributed by atoms with van der Waals surface area (Å²) in [5.41, 5.74) is 2.05. The molecule has 0 saturated carbocycles. The summed E-state index contributed by atoms with van der Waals surface area (Å²) in [7, 11) is 0. The highest BCUT2D eigenvalue weighted by molar-refractivity contribution is 5.96. The van der Waals surface area contributed by atoms with Crippen molar-refractivity contribution in [3.8, 4) is 5.75 Å². The highest BCUT2D eigenvalue weighted by atomic mass is 16.5. The smallest absolute Gasteiger partial charge is 0.163 e. The van der Waals surface area contributed by atoms with Gasteiger partial charge in [-0.3, -0.25) is 4.79 Å². The van der Waals surface area contributed by atoms with E-state index < -0.39 is 0 Å². The Morgan fingerprint density at radius 2 is 2.00 bits per heavy atom. The minimum absolute atomic E-state index is 0.293. The van der Waals surface area contributed by atoms with Crippen LogP contribution in [0.4, 0.5) is 0 Å². The molecule has 19 heavy (non-hydrogen) atoms. The third-order valence-electron chi connectivity index (χ3n) is 3.88. The molecule has 1 aromatic rings. The number of fused-ring (bicyclic) bond motifs is 1. The Morgan fingerprint density at radius 1 is 1.26 bits per heavy atom. The molecule has 1 heterocycles. The van der Waals surface area contributed by atoms with Crippen LogP contribution in [0, 0.1) is 5.92 Å². The summed E-state index contributed by atoms with van der Waals surface area (Å²) in [5.74, 6) is 1.80. The second kappa shape index (κ2) is 6.74. The molecule has 1 aromatic carbocycles. The van der Waals surface area contributed by atoms with Crippen LogP contribution >= 0.6 is 0 Å². The molecule has 0 radical (unpaired) electrons. The molecule has 1 aliphatic heterocycles. The second-order valence-corrected chi connectivity index (χ2v) is 5.49. The van der Waals surface area contributed by atoms with E-state index in [2.05, 4.69) is 13.8 Å². The van der Waals surface area contributed by atoms with Crippen molar-refractivity contribution in [3.63, 3.8) is 0 Å². The lowest BCUT2D eigenvalue weighted by molar-refractivity contribution is 0.0956. The molecular formula is C17H24O2. The topological polar surface area (TPSA) is 26.3 Å². The first-order valence-corrected chi connectivity index (χ1v) is 7.53. The van der Waals surface area contributed by atoms with Crippen LogP contribution in [-0.2, 0) is 6.42 Å². The number of hydrogen-bond acceptors (Lipinski definition) is 2. The Kier molecular flexibility index (Phi) is 5.00. The van der Waals surface area contributed by atoms with Crippen molar-refractivity contribution in [2.75, 3.05) is 6.61 Å². The number of ketones is 1. The minimum Gasteiger partial charge on any atom is -0.493 e. The Balaban J connectivity index is 2.02. The standard InChI is InChI=1S/C17H24O2/c1-3-5-13(6-4-2)11-16(18)14-7-8-17-15(12-14)9-10-19-17/h7-8,12-13H,3-6,9-11H2,1-2H3. The van der Waals surface area contributed by atoms with Gasteiger partial charge in [0, 0.05) is 18.4 Å². The van der Waals surface area contributed by atoms with Crippen molar-refractivity contribution in [2.24, 2.45) is 5.92 Å². The van der Waals surface area contributed by atoms with Crippen LogP contribution in [0.25, 0.3) is 0 Å². The van der Waals surface area contributed by atoms with Gasteiger partial charge in [0.2, 0.25) is 0 Å². The summed E-state index contributed by atoms with van der Waals surface area (Å²) in [6.45, 7) is 5.14. The average molecular weight is 260 g/mol. The van der Waals surface area contributed by atoms with E-state index in [0.29, 0.717) is 18.1 Å². The lowest BCUT2D eigenvalue weighted by Gasteiger charge is -2.14. The predicted octanol–water partition coefficient (Wildman–Crippen LogP) is 4.41. The van der Waals surface area contributed by atoms with E-state index in [0.717, 1.165) is 50.0 Å². The van der Waals surface area contributed by atoms with Crippen LogP contribution in [0.1, 0.15) is 61.9 Å². The van der Waals surface area contributed by atoms with E-state index in [9.17, 15) is 4.79 Å². The fourth-order valence-electron chi connectivity index (χ4n) is 2.91. The van der Waals surface area contributed by atoms with Crippen molar-refractivity contribution < 1.29 is 9.53 Å². The second-order valence-electron chi connectivity index (χ2n) is 5.49. The first-order valence-electron chi connectivity index (χ1n) is 7.53. The van der Waals surface area contributed by atoms with E-state index in [4.69, 9.17) is 4.74 Å². The van der Waals surface area contributed by atoms with Gasteiger partial charge in [-0.05, 0) is 29.7 Å². The van der Waals surface area contributed by atoms with Gasteiger partial charge in [0.25, 0.3) is 0 Å². The molecule has 0 aliphatic carbocycles. The fourth-order valence-corrected chi connectivity index (χ4v) is 2.91. The number of benzene rings is 1. The lowest BCUT2D eigenvalue weighted by atomic mass is 9.90. The van der Waals surface area contributed by atoms with Crippen molar-refractivity contribution in [2.45, 2.75) is 52.4 Å². The van der Waals surface area contributed by atoms with E-state index in [-0.39, 0.29) is 0 Å². The molecule has 1 aliphatic rings. The van der Waals surface area contributed by atoms with Crippen LogP contribution in [0.3, 0.4) is 0 Å². The van der Waals surface area contributed by atoms with E-state index in [1.165, 1.54) is 5.56 Å². The summed E-state index contributed by atoms with van der Waals surface area (Å²) in [5, 5.41) is 0. The molecule has 0 fully saturated rings. The zero-order chi connectivity index (χ0) is 13.7. The molecule has 0 amide bonds. The largest absolute Gasteiger partial charge is 0.493 e. The minimum atomic E-state index is 0.293. The van der Waals surface area contributed by atoms with Gasteiger partial charge in [-0.15, -0.1) is 0 Å². The maximum absolute atomic E-state index is 12.4. The van der Waals surface area contributed by atoms with Gasteiger partial charge >= 0.3 is 0 Å². The molecule has 0 atom stereocenters. The van der Waals surface area contributed by atoms with Gasteiger partial charge in [0.1, 0.15) is 5.75 Å². The maximum Gasteiger partial charge on any atom is 0.163 e. The molecule has 0 unspecified atom stereocenters.